The summed E-state index contributed by atoms with van der Waals surface area (Å²) in [5.74, 6) is -0.579. The molecule has 7 nitrogen and oxygen atoms in total. The molecule has 3 heterocycles. The summed E-state index contributed by atoms with van der Waals surface area (Å²) in [6, 6.07) is 21.1. The van der Waals surface area contributed by atoms with Gasteiger partial charge in [0.2, 0.25) is 0 Å². The smallest absolute Gasteiger partial charge is 0.263 e. The van der Waals surface area contributed by atoms with Crippen LogP contribution in [0.15, 0.2) is 83.8 Å². The van der Waals surface area contributed by atoms with Crippen LogP contribution in [0.3, 0.4) is 0 Å². The van der Waals surface area contributed by atoms with Gasteiger partial charge in [-0.1, -0.05) is 36.4 Å². The topological polar surface area (TPSA) is 99.0 Å². The lowest BCUT2D eigenvalue weighted by molar-refractivity contribution is 0.469. The highest BCUT2D eigenvalue weighted by Crippen LogP contribution is 2.34. The van der Waals surface area contributed by atoms with Crippen LogP contribution < -0.4 is 11.3 Å². The van der Waals surface area contributed by atoms with Crippen molar-refractivity contribution >= 4 is 27.5 Å². The normalized spacial score (nSPS) is 11.4. The van der Waals surface area contributed by atoms with Crippen LogP contribution in [0, 0.1) is 19.7 Å². The third-order valence-corrected chi connectivity index (χ3v) is 6.85. The minimum Gasteiger partial charge on any atom is -0.508 e. The molecule has 188 valence electrons. The number of para-hydroxylation sites is 1. The van der Waals surface area contributed by atoms with Crippen LogP contribution in [-0.2, 0) is 6.54 Å². The second-order valence-corrected chi connectivity index (χ2v) is 9.40. The number of phenols is 1. The molecular weight excluding hydrogens is 481 g/mol. The number of pyridine rings is 2. The number of halogens is 1. The van der Waals surface area contributed by atoms with Crippen LogP contribution in [0.4, 0.5) is 10.2 Å². The van der Waals surface area contributed by atoms with Gasteiger partial charge in [0, 0.05) is 23.5 Å². The molecule has 6 rings (SSSR count). The number of anilines is 1. The van der Waals surface area contributed by atoms with E-state index in [-0.39, 0.29) is 23.7 Å². The Hall–Kier alpha value is -4.98. The van der Waals surface area contributed by atoms with Gasteiger partial charge < -0.3 is 10.8 Å². The number of nitrogens with two attached hydrogens (primary N) is 1. The number of aromatic hydroxyl groups is 1. The number of phenolic OH excluding ortho intramolecular Hbond substituents is 1. The van der Waals surface area contributed by atoms with Crippen molar-refractivity contribution in [2.24, 2.45) is 0 Å². The Morgan fingerprint density at radius 1 is 0.947 bits per heavy atom. The zero-order chi connectivity index (χ0) is 26.6. The maximum absolute atomic E-state index is 14.2. The molecule has 38 heavy (non-hydrogen) atoms. The summed E-state index contributed by atoms with van der Waals surface area (Å²) in [4.78, 5) is 18.2. The van der Waals surface area contributed by atoms with Crippen molar-refractivity contribution in [3.8, 4) is 22.7 Å². The molecule has 0 aliphatic carbocycles. The number of hydrogen-bond donors (Lipinski definition) is 2. The van der Waals surface area contributed by atoms with Crippen molar-refractivity contribution in [3.63, 3.8) is 0 Å². The molecule has 0 fully saturated rings. The van der Waals surface area contributed by atoms with Crippen LogP contribution in [-0.4, -0.2) is 24.4 Å². The molecule has 8 heteroatoms. The van der Waals surface area contributed by atoms with E-state index in [2.05, 4.69) is 4.98 Å². The largest absolute Gasteiger partial charge is 0.508 e. The zero-order valence-corrected chi connectivity index (χ0v) is 20.8. The summed E-state index contributed by atoms with van der Waals surface area (Å²) in [6.07, 6.45) is 1.58. The third kappa shape index (κ3) is 3.78. The Balaban J connectivity index is 1.63. The molecule has 3 aromatic heterocycles. The number of nitrogen functional groups attached to an aromatic ring is 1. The van der Waals surface area contributed by atoms with Crippen LogP contribution in [0.5, 0.6) is 5.75 Å². The van der Waals surface area contributed by atoms with Gasteiger partial charge >= 0.3 is 0 Å². The number of rotatable bonds is 4. The SMILES string of the molecule is Cc1ccccc1-n1c(Cn2nc(-c3cc(O)cc(F)c3)c3c(N)nccc32)cc2cccc(C)c2c1=O. The zero-order valence-electron chi connectivity index (χ0n) is 20.8. The Morgan fingerprint density at radius 2 is 1.74 bits per heavy atom. The highest BCUT2D eigenvalue weighted by molar-refractivity contribution is 6.00. The molecular formula is C30H24FN5O2. The number of nitrogens with zero attached hydrogens (tertiary/aromatic N) is 4. The predicted molar refractivity (Wildman–Crippen MR) is 147 cm³/mol. The lowest BCUT2D eigenvalue weighted by atomic mass is 10.1. The van der Waals surface area contributed by atoms with Gasteiger partial charge in [-0.2, -0.15) is 5.10 Å². The van der Waals surface area contributed by atoms with Gasteiger partial charge in [-0.25, -0.2) is 9.37 Å². The van der Waals surface area contributed by atoms with Gasteiger partial charge in [-0.05, 0) is 60.7 Å². The highest BCUT2D eigenvalue weighted by Gasteiger charge is 2.20. The van der Waals surface area contributed by atoms with Crippen molar-refractivity contribution in [1.82, 2.24) is 19.3 Å². The summed E-state index contributed by atoms with van der Waals surface area (Å²) >= 11 is 0. The van der Waals surface area contributed by atoms with Gasteiger partial charge in [-0.3, -0.25) is 14.0 Å². The monoisotopic (exact) mass is 505 g/mol. The van der Waals surface area contributed by atoms with Gasteiger partial charge in [0.25, 0.3) is 5.56 Å². The summed E-state index contributed by atoms with van der Waals surface area (Å²) in [5.41, 5.74) is 10.9. The summed E-state index contributed by atoms with van der Waals surface area (Å²) in [5, 5.41) is 16.8. The van der Waals surface area contributed by atoms with Crippen molar-refractivity contribution < 1.29 is 9.50 Å². The van der Waals surface area contributed by atoms with Crippen LogP contribution in [0.1, 0.15) is 16.8 Å². The molecule has 0 atom stereocenters. The van der Waals surface area contributed by atoms with Crippen molar-refractivity contribution in [3.05, 3.63) is 112 Å². The fourth-order valence-corrected chi connectivity index (χ4v) is 5.12. The van der Waals surface area contributed by atoms with E-state index in [0.717, 1.165) is 34.0 Å². The fraction of sp³-hybridized carbons (Fsp3) is 0.100. The maximum atomic E-state index is 14.2. The first-order chi connectivity index (χ1) is 18.3. The first-order valence-electron chi connectivity index (χ1n) is 12.1. The first kappa shape index (κ1) is 23.4. The quantitative estimate of drug-likeness (QED) is 0.330. The number of aromatic nitrogens is 4. The molecule has 3 N–H and O–H groups in total. The number of hydrogen-bond acceptors (Lipinski definition) is 5. The van der Waals surface area contributed by atoms with Crippen LogP contribution >= 0.6 is 0 Å². The van der Waals surface area contributed by atoms with Crippen LogP contribution in [0.25, 0.3) is 38.6 Å². The van der Waals surface area contributed by atoms with Crippen molar-refractivity contribution in [2.45, 2.75) is 20.4 Å². The molecule has 0 saturated heterocycles. The Bertz CT molecular complexity index is 1920. The van der Waals surface area contributed by atoms with Crippen LogP contribution in [0.2, 0.25) is 0 Å². The second-order valence-electron chi connectivity index (χ2n) is 9.40. The summed E-state index contributed by atoms with van der Waals surface area (Å²) in [6.45, 7) is 4.13. The molecule has 0 bridgehead atoms. The van der Waals surface area contributed by atoms with Gasteiger partial charge in [0.05, 0.1) is 28.5 Å². The van der Waals surface area contributed by atoms with E-state index in [9.17, 15) is 14.3 Å². The molecule has 0 aliphatic heterocycles. The molecule has 0 spiro atoms. The Morgan fingerprint density at radius 3 is 2.53 bits per heavy atom. The molecule has 0 saturated carbocycles. The fourth-order valence-electron chi connectivity index (χ4n) is 5.12. The van der Waals surface area contributed by atoms with E-state index in [1.807, 2.05) is 62.4 Å². The molecule has 0 radical (unpaired) electrons. The lowest BCUT2D eigenvalue weighted by Crippen LogP contribution is -2.25. The first-order valence-corrected chi connectivity index (χ1v) is 12.1. The van der Waals surface area contributed by atoms with E-state index in [1.54, 1.807) is 21.5 Å². The van der Waals surface area contributed by atoms with Crippen molar-refractivity contribution in [2.75, 3.05) is 5.73 Å². The van der Waals surface area contributed by atoms with E-state index in [1.165, 1.54) is 12.1 Å². The van der Waals surface area contributed by atoms with E-state index < -0.39 is 5.82 Å². The lowest BCUT2D eigenvalue weighted by Gasteiger charge is -2.18. The minimum absolute atomic E-state index is 0.113. The number of fused-ring (bicyclic) bond motifs is 2. The summed E-state index contributed by atoms with van der Waals surface area (Å²) in [7, 11) is 0. The standard InChI is InChI=1S/C30H24FN5O2/c1-17-6-3-4-9-24(17)36-22(13-19-8-5-7-18(2)26(19)30(36)38)16-35-25-10-11-33-29(32)27(25)28(34-35)20-12-21(31)15-23(37)14-20/h3-15,37H,16H2,1-2H3,(H2,32,33). The number of aryl methyl sites for hydroxylation is 2. The third-order valence-electron chi connectivity index (χ3n) is 6.85. The minimum atomic E-state index is -0.594. The van der Waals surface area contributed by atoms with Gasteiger partial charge in [0.1, 0.15) is 23.1 Å². The van der Waals surface area contributed by atoms with E-state index in [4.69, 9.17) is 10.8 Å². The Labute approximate surface area is 217 Å². The Kier molecular flexibility index (Phi) is 5.45. The molecule has 0 aliphatic rings. The van der Waals surface area contributed by atoms with Crippen molar-refractivity contribution in [1.29, 1.82) is 0 Å². The average molecular weight is 506 g/mol. The van der Waals surface area contributed by atoms with Gasteiger partial charge in [0.15, 0.2) is 0 Å². The molecule has 3 aromatic carbocycles. The van der Waals surface area contributed by atoms with E-state index in [0.29, 0.717) is 27.5 Å². The second kappa shape index (κ2) is 8.85. The maximum Gasteiger partial charge on any atom is 0.263 e. The van der Waals surface area contributed by atoms with Gasteiger partial charge in [-0.15, -0.1) is 0 Å². The average Bonchev–Trinajstić information content (AvgIpc) is 3.24. The molecule has 0 amide bonds. The molecule has 0 unspecified atom stereocenters. The molecule has 6 aromatic rings. The highest BCUT2D eigenvalue weighted by atomic mass is 19.1. The predicted octanol–water partition coefficient (Wildman–Crippen LogP) is 5.49. The summed E-state index contributed by atoms with van der Waals surface area (Å²) < 4.78 is 17.7. The number of benzene rings is 3. The van der Waals surface area contributed by atoms with E-state index >= 15 is 0 Å².